The molecule has 0 spiro atoms. The summed E-state index contributed by atoms with van der Waals surface area (Å²) in [6, 6.07) is 12.0. The molecule has 1 aliphatic rings. The molecule has 1 unspecified atom stereocenters. The van der Waals surface area contributed by atoms with Crippen LogP contribution in [0.25, 0.3) is 0 Å². The number of hydrogen-bond donors (Lipinski definition) is 0. The Balaban J connectivity index is 1.59. The number of amides is 1. The molecule has 27 heavy (non-hydrogen) atoms. The maximum Gasteiger partial charge on any atom is 0.416 e. The van der Waals surface area contributed by atoms with Crippen LogP contribution in [0.1, 0.15) is 21.5 Å². The van der Waals surface area contributed by atoms with E-state index in [1.54, 1.807) is 17.0 Å². The van der Waals surface area contributed by atoms with Crippen molar-refractivity contribution >= 4 is 5.91 Å². The number of nitrogens with zero attached hydrogens (tertiary/aromatic N) is 1. The maximum atomic E-state index is 12.8. The lowest BCUT2D eigenvalue weighted by atomic mass is 10.1. The van der Waals surface area contributed by atoms with Gasteiger partial charge in [0.25, 0.3) is 5.91 Å². The van der Waals surface area contributed by atoms with Gasteiger partial charge in [0.1, 0.15) is 18.5 Å². The Morgan fingerprint density at radius 2 is 1.96 bits per heavy atom. The van der Waals surface area contributed by atoms with Crippen molar-refractivity contribution in [2.45, 2.75) is 19.2 Å². The number of carbonyl (C=O) groups excluding carboxylic acids is 1. The first-order chi connectivity index (χ1) is 12.8. The topological polar surface area (TPSA) is 38.8 Å². The maximum absolute atomic E-state index is 12.8. The van der Waals surface area contributed by atoms with Crippen molar-refractivity contribution in [1.29, 1.82) is 0 Å². The molecule has 1 heterocycles. The summed E-state index contributed by atoms with van der Waals surface area (Å²) in [4.78, 5) is 14.3. The summed E-state index contributed by atoms with van der Waals surface area (Å²) in [6.07, 6.45) is -4.82. The number of aryl methyl sites for hydroxylation is 1. The summed E-state index contributed by atoms with van der Waals surface area (Å²) in [5, 5.41) is 0. The number of ether oxygens (including phenoxy) is 2. The third kappa shape index (κ3) is 5.01. The SMILES string of the molecule is Cc1ccc(C(=O)N2CCOC(COc3cccc(C(F)(F)F)c3)C2)cc1. The number of rotatable bonds is 4. The Bertz CT molecular complexity index is 790. The summed E-state index contributed by atoms with van der Waals surface area (Å²) >= 11 is 0. The van der Waals surface area contributed by atoms with E-state index in [-0.39, 0.29) is 18.3 Å². The fourth-order valence-electron chi connectivity index (χ4n) is 2.83. The summed E-state index contributed by atoms with van der Waals surface area (Å²) in [5.74, 6) is 0.0257. The molecule has 0 aromatic heterocycles. The molecular formula is C20H20F3NO3. The summed E-state index contributed by atoms with van der Waals surface area (Å²) in [7, 11) is 0. The molecule has 144 valence electrons. The fraction of sp³-hybridized carbons (Fsp3) is 0.350. The van der Waals surface area contributed by atoms with Gasteiger partial charge in [-0.25, -0.2) is 0 Å². The second kappa shape index (κ2) is 8.00. The zero-order chi connectivity index (χ0) is 19.4. The van der Waals surface area contributed by atoms with Crippen LogP contribution in [0.3, 0.4) is 0 Å². The lowest BCUT2D eigenvalue weighted by molar-refractivity contribution is -0.137. The molecule has 2 aromatic carbocycles. The molecule has 1 fully saturated rings. The first-order valence-electron chi connectivity index (χ1n) is 8.60. The van der Waals surface area contributed by atoms with Crippen LogP contribution in [0.4, 0.5) is 13.2 Å². The second-order valence-corrected chi connectivity index (χ2v) is 6.45. The smallest absolute Gasteiger partial charge is 0.416 e. The van der Waals surface area contributed by atoms with E-state index in [1.165, 1.54) is 12.1 Å². The Hall–Kier alpha value is -2.54. The van der Waals surface area contributed by atoms with Gasteiger partial charge in [-0.05, 0) is 37.3 Å². The Labute approximate surface area is 155 Å². The molecule has 0 N–H and O–H groups in total. The van der Waals surface area contributed by atoms with Crippen molar-refractivity contribution in [3.8, 4) is 5.75 Å². The Kier molecular flexibility index (Phi) is 5.70. The van der Waals surface area contributed by atoms with Gasteiger partial charge in [-0.2, -0.15) is 13.2 Å². The van der Waals surface area contributed by atoms with E-state index in [0.717, 1.165) is 17.7 Å². The molecule has 4 nitrogen and oxygen atoms in total. The van der Waals surface area contributed by atoms with Crippen molar-refractivity contribution in [2.24, 2.45) is 0 Å². The molecule has 2 aromatic rings. The first kappa shape index (κ1) is 19.2. The van der Waals surface area contributed by atoms with Crippen LogP contribution < -0.4 is 4.74 Å². The molecule has 1 saturated heterocycles. The van der Waals surface area contributed by atoms with Gasteiger partial charge in [-0.1, -0.05) is 23.8 Å². The second-order valence-electron chi connectivity index (χ2n) is 6.45. The Morgan fingerprint density at radius 1 is 1.22 bits per heavy atom. The summed E-state index contributed by atoms with van der Waals surface area (Å²) in [6.45, 7) is 3.16. The average Bonchev–Trinajstić information content (AvgIpc) is 2.66. The van der Waals surface area contributed by atoms with Crippen molar-refractivity contribution in [3.05, 3.63) is 65.2 Å². The van der Waals surface area contributed by atoms with E-state index < -0.39 is 17.8 Å². The monoisotopic (exact) mass is 379 g/mol. The van der Waals surface area contributed by atoms with Crippen LogP contribution in [-0.2, 0) is 10.9 Å². The van der Waals surface area contributed by atoms with Gasteiger partial charge in [-0.3, -0.25) is 4.79 Å². The highest BCUT2D eigenvalue weighted by Gasteiger charge is 2.31. The van der Waals surface area contributed by atoms with Crippen molar-refractivity contribution in [2.75, 3.05) is 26.3 Å². The Morgan fingerprint density at radius 3 is 2.67 bits per heavy atom. The van der Waals surface area contributed by atoms with Crippen LogP contribution in [0.15, 0.2) is 48.5 Å². The number of alkyl halides is 3. The minimum absolute atomic E-state index is 0.0684. The third-order valence-corrected chi connectivity index (χ3v) is 4.32. The third-order valence-electron chi connectivity index (χ3n) is 4.32. The van der Waals surface area contributed by atoms with E-state index in [1.807, 2.05) is 19.1 Å². The summed E-state index contributed by atoms with van der Waals surface area (Å²) in [5.41, 5.74) is 0.904. The quantitative estimate of drug-likeness (QED) is 0.808. The van der Waals surface area contributed by atoms with E-state index in [4.69, 9.17) is 9.47 Å². The molecule has 0 saturated carbocycles. The summed E-state index contributed by atoms with van der Waals surface area (Å²) < 4.78 is 49.4. The zero-order valence-electron chi connectivity index (χ0n) is 14.8. The van der Waals surface area contributed by atoms with Crippen LogP contribution in [0.5, 0.6) is 5.75 Å². The van der Waals surface area contributed by atoms with E-state index in [9.17, 15) is 18.0 Å². The van der Waals surface area contributed by atoms with Gasteiger partial charge in [0.2, 0.25) is 0 Å². The van der Waals surface area contributed by atoms with Gasteiger partial charge in [0.05, 0.1) is 18.7 Å². The highest BCUT2D eigenvalue weighted by molar-refractivity contribution is 5.94. The van der Waals surface area contributed by atoms with Crippen LogP contribution in [0.2, 0.25) is 0 Å². The molecule has 1 aliphatic heterocycles. The van der Waals surface area contributed by atoms with Crippen LogP contribution >= 0.6 is 0 Å². The molecular weight excluding hydrogens is 359 g/mol. The van der Waals surface area contributed by atoms with Crippen molar-refractivity contribution in [1.82, 2.24) is 4.90 Å². The molecule has 3 rings (SSSR count). The average molecular weight is 379 g/mol. The number of morpholine rings is 1. The van der Waals surface area contributed by atoms with E-state index in [0.29, 0.717) is 25.3 Å². The number of carbonyl (C=O) groups is 1. The first-order valence-corrected chi connectivity index (χ1v) is 8.60. The lowest BCUT2D eigenvalue weighted by Gasteiger charge is -2.33. The normalized spacial score (nSPS) is 17.6. The zero-order valence-corrected chi connectivity index (χ0v) is 14.8. The van der Waals surface area contributed by atoms with Gasteiger partial charge >= 0.3 is 6.18 Å². The number of benzene rings is 2. The molecule has 7 heteroatoms. The van der Waals surface area contributed by atoms with E-state index >= 15 is 0 Å². The molecule has 0 bridgehead atoms. The van der Waals surface area contributed by atoms with Crippen LogP contribution in [0, 0.1) is 6.92 Å². The molecule has 0 radical (unpaired) electrons. The van der Waals surface area contributed by atoms with Crippen molar-refractivity contribution < 1.29 is 27.4 Å². The van der Waals surface area contributed by atoms with E-state index in [2.05, 4.69) is 0 Å². The largest absolute Gasteiger partial charge is 0.491 e. The molecule has 1 atom stereocenters. The molecule has 1 amide bonds. The van der Waals surface area contributed by atoms with Gasteiger partial charge in [0, 0.05) is 12.1 Å². The minimum Gasteiger partial charge on any atom is -0.491 e. The number of hydrogen-bond acceptors (Lipinski definition) is 3. The molecule has 0 aliphatic carbocycles. The minimum atomic E-state index is -4.42. The highest BCUT2D eigenvalue weighted by Crippen LogP contribution is 2.31. The fourth-order valence-corrected chi connectivity index (χ4v) is 2.83. The van der Waals surface area contributed by atoms with Crippen molar-refractivity contribution in [3.63, 3.8) is 0 Å². The highest BCUT2D eigenvalue weighted by atomic mass is 19.4. The standard InChI is InChI=1S/C20H20F3NO3/c1-14-5-7-15(8-6-14)19(25)24-9-10-26-18(12-24)13-27-17-4-2-3-16(11-17)20(21,22)23/h2-8,11,18H,9-10,12-13H2,1H3. The lowest BCUT2D eigenvalue weighted by Crippen LogP contribution is -2.47. The van der Waals surface area contributed by atoms with Crippen LogP contribution in [-0.4, -0.2) is 43.2 Å². The van der Waals surface area contributed by atoms with Gasteiger partial charge < -0.3 is 14.4 Å². The predicted octanol–water partition coefficient (Wildman–Crippen LogP) is 3.93. The van der Waals surface area contributed by atoms with Gasteiger partial charge in [0.15, 0.2) is 0 Å². The van der Waals surface area contributed by atoms with Gasteiger partial charge in [-0.15, -0.1) is 0 Å². The number of halogens is 3. The predicted molar refractivity (Wildman–Crippen MR) is 93.8 cm³/mol.